The van der Waals surface area contributed by atoms with E-state index in [1.165, 1.54) is 12.1 Å². The number of anilines is 2. The van der Waals surface area contributed by atoms with E-state index in [9.17, 15) is 22.8 Å². The molecule has 2 atom stereocenters. The molecule has 0 spiro atoms. The number of benzene rings is 2. The summed E-state index contributed by atoms with van der Waals surface area (Å²) in [5, 5.41) is 13.8. The second-order valence-electron chi connectivity index (χ2n) is 6.19. The van der Waals surface area contributed by atoms with Crippen LogP contribution in [0.3, 0.4) is 0 Å². The fourth-order valence-corrected chi connectivity index (χ4v) is 2.65. The first kappa shape index (κ1) is 18.5. The number of nitriles is 1. The minimum absolute atomic E-state index is 0.0352. The Balaban J connectivity index is 1.57. The summed E-state index contributed by atoms with van der Waals surface area (Å²) >= 11 is 0. The first-order chi connectivity index (χ1) is 12.8. The van der Waals surface area contributed by atoms with Gasteiger partial charge in [0, 0.05) is 11.4 Å². The molecule has 2 aromatic carbocycles. The highest BCUT2D eigenvalue weighted by molar-refractivity contribution is 6.03. The van der Waals surface area contributed by atoms with Crippen LogP contribution in [0.4, 0.5) is 24.5 Å². The smallest absolute Gasteiger partial charge is 0.326 e. The van der Waals surface area contributed by atoms with Crippen LogP contribution in [0, 0.1) is 23.2 Å². The van der Waals surface area contributed by atoms with Crippen molar-refractivity contribution in [3.63, 3.8) is 0 Å². The summed E-state index contributed by atoms with van der Waals surface area (Å²) in [6.07, 6.45) is -4.17. The SMILES string of the molecule is N#Cc1ccc(NC(=O)C2CC2C(=O)Nc2cccc(C(F)(F)F)c2)cc1. The van der Waals surface area contributed by atoms with Gasteiger partial charge in [0.05, 0.1) is 29.0 Å². The number of hydrogen-bond donors (Lipinski definition) is 2. The van der Waals surface area contributed by atoms with Crippen LogP contribution in [0.15, 0.2) is 48.5 Å². The van der Waals surface area contributed by atoms with Crippen molar-refractivity contribution in [2.24, 2.45) is 11.8 Å². The summed E-state index contributed by atoms with van der Waals surface area (Å²) in [5.41, 5.74) is 0.139. The number of amides is 2. The minimum Gasteiger partial charge on any atom is -0.326 e. The molecule has 0 heterocycles. The number of hydrogen-bond acceptors (Lipinski definition) is 3. The number of nitrogens with one attached hydrogen (secondary N) is 2. The average Bonchev–Trinajstić information content (AvgIpc) is 3.43. The third-order valence-corrected chi connectivity index (χ3v) is 4.20. The van der Waals surface area contributed by atoms with Gasteiger partial charge in [0.2, 0.25) is 11.8 Å². The molecular formula is C19H14F3N3O2. The van der Waals surface area contributed by atoms with Crippen LogP contribution in [0.1, 0.15) is 17.5 Å². The van der Waals surface area contributed by atoms with Gasteiger partial charge in [0.1, 0.15) is 0 Å². The van der Waals surface area contributed by atoms with Gasteiger partial charge in [0.15, 0.2) is 0 Å². The molecule has 1 aliphatic rings. The van der Waals surface area contributed by atoms with E-state index >= 15 is 0 Å². The predicted molar refractivity (Wildman–Crippen MR) is 91.5 cm³/mol. The highest BCUT2D eigenvalue weighted by Gasteiger charge is 2.48. The van der Waals surface area contributed by atoms with Gasteiger partial charge >= 0.3 is 6.18 Å². The van der Waals surface area contributed by atoms with Gasteiger partial charge in [-0.3, -0.25) is 9.59 Å². The fourth-order valence-electron chi connectivity index (χ4n) is 2.65. The van der Waals surface area contributed by atoms with Gasteiger partial charge in [-0.1, -0.05) is 6.07 Å². The van der Waals surface area contributed by atoms with Crippen molar-refractivity contribution in [1.29, 1.82) is 5.26 Å². The maximum atomic E-state index is 12.7. The van der Waals surface area contributed by atoms with E-state index in [-0.39, 0.29) is 11.6 Å². The Labute approximate surface area is 152 Å². The van der Waals surface area contributed by atoms with Gasteiger partial charge in [-0.15, -0.1) is 0 Å². The number of carbonyl (C=O) groups excluding carboxylic acids is 2. The van der Waals surface area contributed by atoms with Gasteiger partial charge < -0.3 is 10.6 Å². The molecule has 1 aliphatic carbocycles. The third-order valence-electron chi connectivity index (χ3n) is 4.20. The molecule has 27 heavy (non-hydrogen) atoms. The predicted octanol–water partition coefficient (Wildman–Crippen LogP) is 3.79. The van der Waals surface area contributed by atoms with Crippen LogP contribution in [0.25, 0.3) is 0 Å². The average molecular weight is 373 g/mol. The third kappa shape index (κ3) is 4.44. The fraction of sp³-hybridized carbons (Fsp3) is 0.211. The highest BCUT2D eigenvalue weighted by atomic mass is 19.4. The van der Waals surface area contributed by atoms with E-state index in [0.717, 1.165) is 12.1 Å². The quantitative estimate of drug-likeness (QED) is 0.855. The van der Waals surface area contributed by atoms with E-state index in [4.69, 9.17) is 5.26 Å². The molecule has 5 nitrogen and oxygen atoms in total. The lowest BCUT2D eigenvalue weighted by Crippen LogP contribution is -2.20. The second-order valence-corrected chi connectivity index (χ2v) is 6.19. The molecule has 1 fully saturated rings. The van der Waals surface area contributed by atoms with Crippen molar-refractivity contribution < 1.29 is 22.8 Å². The van der Waals surface area contributed by atoms with Crippen molar-refractivity contribution in [2.75, 3.05) is 10.6 Å². The van der Waals surface area contributed by atoms with Crippen LogP contribution < -0.4 is 10.6 Å². The molecule has 0 saturated heterocycles. The molecule has 2 aromatic rings. The van der Waals surface area contributed by atoms with Crippen LogP contribution in [-0.4, -0.2) is 11.8 Å². The first-order valence-electron chi connectivity index (χ1n) is 8.07. The molecule has 138 valence electrons. The van der Waals surface area contributed by atoms with Crippen molar-refractivity contribution in [2.45, 2.75) is 12.6 Å². The molecule has 0 bridgehead atoms. The number of carbonyl (C=O) groups is 2. The molecule has 2 unspecified atom stereocenters. The molecular weight excluding hydrogens is 359 g/mol. The lowest BCUT2D eigenvalue weighted by atomic mass is 10.2. The summed E-state index contributed by atoms with van der Waals surface area (Å²) in [7, 11) is 0. The number of nitrogens with zero attached hydrogens (tertiary/aromatic N) is 1. The number of rotatable bonds is 4. The Bertz CT molecular complexity index is 917. The largest absolute Gasteiger partial charge is 0.416 e. The molecule has 2 amide bonds. The Kier molecular flexibility index (Phi) is 4.86. The minimum atomic E-state index is -4.50. The van der Waals surface area contributed by atoms with E-state index in [1.807, 2.05) is 6.07 Å². The Morgan fingerprint density at radius 3 is 2.11 bits per heavy atom. The zero-order chi connectivity index (χ0) is 19.6. The van der Waals surface area contributed by atoms with E-state index in [0.29, 0.717) is 17.7 Å². The topological polar surface area (TPSA) is 82.0 Å². The van der Waals surface area contributed by atoms with E-state index < -0.39 is 29.5 Å². The van der Waals surface area contributed by atoms with Crippen LogP contribution in [0.2, 0.25) is 0 Å². The van der Waals surface area contributed by atoms with Crippen molar-refractivity contribution in [3.8, 4) is 6.07 Å². The van der Waals surface area contributed by atoms with Crippen LogP contribution >= 0.6 is 0 Å². The summed E-state index contributed by atoms with van der Waals surface area (Å²) in [4.78, 5) is 24.4. The standard InChI is InChI=1S/C19H14F3N3O2/c20-19(21,22)12-2-1-3-14(8-12)25-18(27)16-9-15(16)17(26)24-13-6-4-11(10-23)5-7-13/h1-8,15-16H,9H2,(H,24,26)(H,25,27). The highest BCUT2D eigenvalue weighted by Crippen LogP contribution is 2.40. The molecule has 0 aliphatic heterocycles. The molecule has 2 N–H and O–H groups in total. The Hall–Kier alpha value is -3.34. The van der Waals surface area contributed by atoms with Gasteiger partial charge in [-0.05, 0) is 48.9 Å². The molecule has 0 aromatic heterocycles. The number of halogens is 3. The molecule has 8 heteroatoms. The summed E-state index contributed by atoms with van der Waals surface area (Å²) < 4.78 is 38.1. The normalized spacial score (nSPS) is 18.3. The Morgan fingerprint density at radius 1 is 0.963 bits per heavy atom. The van der Waals surface area contributed by atoms with E-state index in [2.05, 4.69) is 10.6 Å². The second kappa shape index (κ2) is 7.11. The maximum absolute atomic E-state index is 12.7. The van der Waals surface area contributed by atoms with E-state index in [1.54, 1.807) is 24.3 Å². The maximum Gasteiger partial charge on any atom is 0.416 e. The lowest BCUT2D eigenvalue weighted by Gasteiger charge is -2.10. The summed E-state index contributed by atoms with van der Waals surface area (Å²) in [6, 6.07) is 12.6. The lowest BCUT2D eigenvalue weighted by molar-refractivity contribution is -0.137. The van der Waals surface area contributed by atoms with Gasteiger partial charge in [0.25, 0.3) is 0 Å². The van der Waals surface area contributed by atoms with Crippen molar-refractivity contribution in [1.82, 2.24) is 0 Å². The van der Waals surface area contributed by atoms with Gasteiger partial charge in [-0.2, -0.15) is 18.4 Å². The monoisotopic (exact) mass is 373 g/mol. The summed E-state index contributed by atoms with van der Waals surface area (Å²) in [6.45, 7) is 0. The van der Waals surface area contributed by atoms with Crippen LogP contribution in [0.5, 0.6) is 0 Å². The van der Waals surface area contributed by atoms with Crippen LogP contribution in [-0.2, 0) is 15.8 Å². The first-order valence-corrected chi connectivity index (χ1v) is 8.07. The van der Waals surface area contributed by atoms with Crippen molar-refractivity contribution >= 4 is 23.2 Å². The zero-order valence-corrected chi connectivity index (χ0v) is 13.9. The Morgan fingerprint density at radius 2 is 1.56 bits per heavy atom. The van der Waals surface area contributed by atoms with Gasteiger partial charge in [-0.25, -0.2) is 0 Å². The molecule has 1 saturated carbocycles. The van der Waals surface area contributed by atoms with Crippen molar-refractivity contribution in [3.05, 3.63) is 59.7 Å². The summed E-state index contributed by atoms with van der Waals surface area (Å²) in [5.74, 6) is -1.96. The zero-order valence-electron chi connectivity index (χ0n) is 13.9. The molecule has 0 radical (unpaired) electrons. The molecule has 3 rings (SSSR count). The number of alkyl halides is 3.